The van der Waals surface area contributed by atoms with Crippen LogP contribution >= 0.6 is 0 Å². The number of carbonyl (C=O) groups excluding carboxylic acids is 3. The average molecular weight is 421 g/mol. The molecular weight excluding hydrogens is 394 g/mol. The number of urea groups is 1. The molecule has 2 aliphatic rings. The molecule has 7 heteroatoms. The Balaban J connectivity index is 1.39. The predicted octanol–water partition coefficient (Wildman–Crippen LogP) is 3.66. The van der Waals surface area contributed by atoms with Crippen LogP contribution in [0.15, 0.2) is 48.5 Å². The van der Waals surface area contributed by atoms with Crippen molar-refractivity contribution in [1.82, 2.24) is 10.2 Å². The van der Waals surface area contributed by atoms with Gasteiger partial charge >= 0.3 is 6.03 Å². The Hall–Kier alpha value is -3.19. The molecule has 0 radical (unpaired) electrons. The lowest BCUT2D eigenvalue weighted by atomic mass is 9.90. The van der Waals surface area contributed by atoms with Gasteiger partial charge in [-0.25, -0.2) is 4.79 Å². The van der Waals surface area contributed by atoms with Crippen LogP contribution in [0.4, 0.5) is 10.5 Å². The van der Waals surface area contributed by atoms with E-state index in [0.717, 1.165) is 11.3 Å². The Bertz CT molecular complexity index is 977. The molecule has 2 saturated heterocycles. The molecule has 0 unspecified atom stereocenters. The highest BCUT2D eigenvalue weighted by atomic mass is 16.5. The van der Waals surface area contributed by atoms with Crippen LogP contribution in [0.25, 0.3) is 0 Å². The van der Waals surface area contributed by atoms with Crippen LogP contribution in [0.5, 0.6) is 0 Å². The van der Waals surface area contributed by atoms with Crippen molar-refractivity contribution in [2.75, 3.05) is 18.5 Å². The van der Waals surface area contributed by atoms with Gasteiger partial charge in [-0.05, 0) is 41.3 Å². The van der Waals surface area contributed by atoms with Gasteiger partial charge in [0.25, 0.3) is 11.8 Å². The number of amides is 4. The standard InChI is InChI=1S/C24H27N3O4/c1-16(2)18-7-9-20(10-8-18)25-21(28)19-5-3-17(4-6-19)15-27-22(29)24(26-23(27)30)11-13-31-14-12-24/h3-10,16H,11-15H2,1-2H3,(H,25,28)(H,26,30). The highest BCUT2D eigenvalue weighted by Gasteiger charge is 2.51. The van der Waals surface area contributed by atoms with Crippen molar-refractivity contribution >= 4 is 23.5 Å². The Morgan fingerprint density at radius 1 is 1.06 bits per heavy atom. The molecule has 1 spiro atoms. The molecule has 31 heavy (non-hydrogen) atoms. The fourth-order valence-electron chi connectivity index (χ4n) is 3.98. The number of benzene rings is 2. The predicted molar refractivity (Wildman–Crippen MR) is 117 cm³/mol. The summed E-state index contributed by atoms with van der Waals surface area (Å²) in [6.45, 7) is 5.34. The highest BCUT2D eigenvalue weighted by Crippen LogP contribution is 2.29. The number of imide groups is 1. The molecule has 162 valence electrons. The molecule has 2 aromatic rings. The Morgan fingerprint density at radius 3 is 2.32 bits per heavy atom. The lowest BCUT2D eigenvalue weighted by Crippen LogP contribution is -2.51. The van der Waals surface area contributed by atoms with Gasteiger partial charge in [0.1, 0.15) is 5.54 Å². The summed E-state index contributed by atoms with van der Waals surface area (Å²) in [5, 5.41) is 5.74. The number of carbonyl (C=O) groups is 3. The molecule has 2 aromatic carbocycles. The van der Waals surface area contributed by atoms with Gasteiger partial charge < -0.3 is 15.4 Å². The SMILES string of the molecule is CC(C)c1ccc(NC(=O)c2ccc(CN3C(=O)NC4(CCOCC4)C3=O)cc2)cc1. The summed E-state index contributed by atoms with van der Waals surface area (Å²) >= 11 is 0. The number of rotatable bonds is 5. The highest BCUT2D eigenvalue weighted by molar-refractivity contribution is 6.07. The molecule has 0 atom stereocenters. The summed E-state index contributed by atoms with van der Waals surface area (Å²) in [6.07, 6.45) is 0.983. The van der Waals surface area contributed by atoms with E-state index in [1.54, 1.807) is 24.3 Å². The smallest absolute Gasteiger partial charge is 0.325 e. The fraction of sp³-hybridized carbons (Fsp3) is 0.375. The van der Waals surface area contributed by atoms with E-state index in [0.29, 0.717) is 37.5 Å². The van der Waals surface area contributed by atoms with Gasteiger partial charge in [-0.3, -0.25) is 14.5 Å². The largest absolute Gasteiger partial charge is 0.381 e. The Kier molecular flexibility index (Phi) is 5.78. The normalized spacial score (nSPS) is 17.8. The van der Waals surface area contributed by atoms with Gasteiger partial charge in [-0.15, -0.1) is 0 Å². The zero-order chi connectivity index (χ0) is 22.0. The Morgan fingerprint density at radius 2 is 1.71 bits per heavy atom. The molecule has 0 saturated carbocycles. The van der Waals surface area contributed by atoms with Crippen molar-refractivity contribution in [2.24, 2.45) is 0 Å². The van der Waals surface area contributed by atoms with Crippen LogP contribution in [0.2, 0.25) is 0 Å². The minimum Gasteiger partial charge on any atom is -0.381 e. The van der Waals surface area contributed by atoms with Crippen LogP contribution in [0.1, 0.15) is 54.1 Å². The number of nitrogens with zero attached hydrogens (tertiary/aromatic N) is 1. The fourth-order valence-corrected chi connectivity index (χ4v) is 3.98. The molecule has 2 heterocycles. The Labute approximate surface area is 181 Å². The number of hydrogen-bond acceptors (Lipinski definition) is 4. The molecule has 0 aromatic heterocycles. The maximum Gasteiger partial charge on any atom is 0.325 e. The second-order valence-electron chi connectivity index (χ2n) is 8.44. The number of nitrogens with one attached hydrogen (secondary N) is 2. The van der Waals surface area contributed by atoms with Gasteiger partial charge in [0, 0.05) is 37.3 Å². The first-order valence-electron chi connectivity index (χ1n) is 10.6. The summed E-state index contributed by atoms with van der Waals surface area (Å²) in [5.74, 6) is 0.0238. The van der Waals surface area contributed by atoms with Crippen LogP contribution in [0, 0.1) is 0 Å². The van der Waals surface area contributed by atoms with E-state index in [2.05, 4.69) is 24.5 Å². The molecule has 0 aliphatic carbocycles. The topological polar surface area (TPSA) is 87.7 Å². The molecule has 4 amide bonds. The number of hydrogen-bond donors (Lipinski definition) is 2. The van der Waals surface area contributed by atoms with Crippen LogP contribution in [-0.4, -0.2) is 41.5 Å². The summed E-state index contributed by atoms with van der Waals surface area (Å²) in [4.78, 5) is 39.1. The molecular formula is C24H27N3O4. The summed E-state index contributed by atoms with van der Waals surface area (Å²) < 4.78 is 5.33. The van der Waals surface area contributed by atoms with Crippen molar-refractivity contribution in [3.05, 3.63) is 65.2 Å². The van der Waals surface area contributed by atoms with Crippen molar-refractivity contribution < 1.29 is 19.1 Å². The average Bonchev–Trinajstić information content (AvgIpc) is 2.99. The van der Waals surface area contributed by atoms with Gasteiger partial charge in [0.15, 0.2) is 0 Å². The summed E-state index contributed by atoms with van der Waals surface area (Å²) in [6, 6.07) is 14.4. The van der Waals surface area contributed by atoms with E-state index in [1.807, 2.05) is 24.3 Å². The minimum atomic E-state index is -0.833. The first kappa shape index (κ1) is 21.1. The first-order valence-corrected chi connectivity index (χ1v) is 10.6. The third-order valence-corrected chi connectivity index (χ3v) is 5.98. The van der Waals surface area contributed by atoms with E-state index < -0.39 is 5.54 Å². The van der Waals surface area contributed by atoms with Gasteiger partial charge in [0.05, 0.1) is 6.54 Å². The molecule has 7 nitrogen and oxygen atoms in total. The molecule has 2 N–H and O–H groups in total. The maximum atomic E-state index is 12.9. The first-order chi connectivity index (χ1) is 14.9. The third-order valence-electron chi connectivity index (χ3n) is 5.98. The molecule has 2 fully saturated rings. The van der Waals surface area contributed by atoms with E-state index in [1.165, 1.54) is 10.5 Å². The van der Waals surface area contributed by atoms with E-state index in [9.17, 15) is 14.4 Å². The molecule has 4 rings (SSSR count). The minimum absolute atomic E-state index is 0.172. The van der Waals surface area contributed by atoms with Gasteiger partial charge in [0.2, 0.25) is 0 Å². The lowest BCUT2D eigenvalue weighted by molar-refractivity contribution is -0.134. The second kappa shape index (κ2) is 8.51. The van der Waals surface area contributed by atoms with Crippen molar-refractivity contribution in [3.8, 4) is 0 Å². The maximum absolute atomic E-state index is 12.9. The van der Waals surface area contributed by atoms with Crippen LogP contribution < -0.4 is 10.6 Å². The van der Waals surface area contributed by atoms with E-state index in [-0.39, 0.29) is 24.4 Å². The zero-order valence-electron chi connectivity index (χ0n) is 17.8. The van der Waals surface area contributed by atoms with Crippen molar-refractivity contribution in [2.45, 2.75) is 44.7 Å². The number of ether oxygens (including phenoxy) is 1. The summed E-state index contributed by atoms with van der Waals surface area (Å²) in [5.41, 5.74) is 2.41. The second-order valence-corrected chi connectivity index (χ2v) is 8.44. The summed E-state index contributed by atoms with van der Waals surface area (Å²) in [7, 11) is 0. The van der Waals surface area contributed by atoms with E-state index >= 15 is 0 Å². The number of anilines is 1. The zero-order valence-corrected chi connectivity index (χ0v) is 17.8. The van der Waals surface area contributed by atoms with Crippen molar-refractivity contribution in [1.29, 1.82) is 0 Å². The molecule has 0 bridgehead atoms. The monoisotopic (exact) mass is 421 g/mol. The van der Waals surface area contributed by atoms with Crippen LogP contribution in [0.3, 0.4) is 0 Å². The quantitative estimate of drug-likeness (QED) is 0.721. The third kappa shape index (κ3) is 4.32. The van der Waals surface area contributed by atoms with Gasteiger partial charge in [-0.1, -0.05) is 38.1 Å². The van der Waals surface area contributed by atoms with Crippen LogP contribution in [-0.2, 0) is 16.1 Å². The van der Waals surface area contributed by atoms with E-state index in [4.69, 9.17) is 4.74 Å². The van der Waals surface area contributed by atoms with Gasteiger partial charge in [-0.2, -0.15) is 0 Å². The lowest BCUT2D eigenvalue weighted by Gasteiger charge is -2.30. The molecule has 2 aliphatic heterocycles. The van der Waals surface area contributed by atoms with Crippen molar-refractivity contribution in [3.63, 3.8) is 0 Å².